The van der Waals surface area contributed by atoms with E-state index >= 15 is 0 Å². The molecule has 1 unspecified atom stereocenters. The first-order chi connectivity index (χ1) is 34.4. The standard InChI is InChI=1S/C54H87NO14S2.2Na/c1-3-5-7-9-11-13-15-17-19-21-23-25-33-39-47(63-41-44-35-29-27-30-36-44)46(55-49(56)40-34-26-24-22-20-18-16-14-12-10-8-6-4-2)42-64-54-52(69-71(60,61)62)51(68-70(57,58)59)50-48(66-54)43-65-53(67-50)45-37-31-28-32-38-45;;/h27-33,35-39,46-48,50-54H,3-26,34,40-43H2,1-2H3,(H,55,56)(H,57,58,59)(H,60,61,62);;/q;2*+1/p-2/b39-33+;;/t46-,47+,48-,50+,51-,52-,53?,54+;;/m0../s1. The van der Waals surface area contributed by atoms with Gasteiger partial charge in [0.1, 0.15) is 18.3 Å². The van der Waals surface area contributed by atoms with Crippen LogP contribution in [0.15, 0.2) is 72.8 Å². The van der Waals surface area contributed by atoms with Crippen molar-refractivity contribution in [3.8, 4) is 0 Å². The van der Waals surface area contributed by atoms with Gasteiger partial charge in [0, 0.05) is 12.0 Å². The molecule has 15 nitrogen and oxygen atoms in total. The number of rotatable bonds is 40. The molecule has 73 heavy (non-hydrogen) atoms. The minimum atomic E-state index is -5.60. The van der Waals surface area contributed by atoms with E-state index in [0.717, 1.165) is 50.5 Å². The molecule has 0 radical (unpaired) electrons. The zero-order valence-electron chi connectivity index (χ0n) is 44.6. The van der Waals surface area contributed by atoms with E-state index in [-0.39, 0.29) is 84.7 Å². The first-order valence-electron chi connectivity index (χ1n) is 26.9. The van der Waals surface area contributed by atoms with Crippen molar-refractivity contribution in [1.29, 1.82) is 0 Å². The van der Waals surface area contributed by atoms with Crippen LogP contribution in [0.4, 0.5) is 0 Å². The predicted molar refractivity (Wildman–Crippen MR) is 271 cm³/mol. The smallest absolute Gasteiger partial charge is 0.726 e. The molecule has 0 aromatic heterocycles. The van der Waals surface area contributed by atoms with E-state index in [1.165, 1.54) is 109 Å². The molecule has 1 amide bonds. The number of carbonyl (C=O) groups excluding carboxylic acids is 1. The number of fused-ring (bicyclic) bond motifs is 1. The number of hydrogen-bond donors (Lipinski definition) is 1. The Morgan fingerprint density at radius 1 is 0.658 bits per heavy atom. The fourth-order valence-corrected chi connectivity index (χ4v) is 10.1. The molecular formula is C54H85NNa2O14S2. The number of nitrogens with one attached hydrogen (secondary N) is 1. The van der Waals surface area contributed by atoms with Crippen LogP contribution < -0.4 is 64.4 Å². The van der Waals surface area contributed by atoms with Crippen LogP contribution in [0.5, 0.6) is 0 Å². The largest absolute Gasteiger partial charge is 1.00 e. The predicted octanol–water partition coefficient (Wildman–Crippen LogP) is 5.35. The number of allylic oxidation sites excluding steroid dienone is 1. The topological polar surface area (TPSA) is 208 Å². The van der Waals surface area contributed by atoms with Gasteiger partial charge in [-0.1, -0.05) is 228 Å². The van der Waals surface area contributed by atoms with Gasteiger partial charge in [0.25, 0.3) is 0 Å². The SMILES string of the molecule is CCCCCCCCCCCCC/C=C/[C@@H](OCc1ccccc1)[C@H](CO[C@@H]1O[C@H]2COC(c3ccccc3)O[C@H]2[C@H](OS(=O)(=O)[O-])[C@@H]1OS(=O)(=O)[O-])NC(=O)CCCCCCCCCCCCCCC.[Na+].[Na+]. The van der Waals surface area contributed by atoms with Crippen molar-refractivity contribution < 1.29 is 122 Å². The molecule has 2 aliphatic rings. The second-order valence-corrected chi connectivity index (χ2v) is 21.2. The van der Waals surface area contributed by atoms with Crippen molar-refractivity contribution in [2.45, 2.75) is 237 Å². The van der Waals surface area contributed by atoms with E-state index in [0.29, 0.717) is 12.0 Å². The van der Waals surface area contributed by atoms with E-state index in [1.54, 1.807) is 30.3 Å². The monoisotopic (exact) mass is 1080 g/mol. The summed E-state index contributed by atoms with van der Waals surface area (Å²) in [6, 6.07) is 17.2. The van der Waals surface area contributed by atoms with Gasteiger partial charge in [-0.25, -0.2) is 16.8 Å². The Bertz CT molecular complexity index is 1950. The fraction of sp³-hybridized carbons (Fsp3) is 0.722. The second kappa shape index (κ2) is 40.4. The van der Waals surface area contributed by atoms with Crippen LogP contribution in [-0.2, 0) is 64.2 Å². The normalized spacial score (nSPS) is 20.9. The van der Waals surface area contributed by atoms with Crippen LogP contribution in [0.3, 0.4) is 0 Å². The number of amides is 1. The zero-order valence-corrected chi connectivity index (χ0v) is 50.2. The first-order valence-corrected chi connectivity index (χ1v) is 29.5. The number of unbranched alkanes of at least 4 members (excludes halogenated alkanes) is 23. The van der Waals surface area contributed by atoms with Crippen molar-refractivity contribution in [2.75, 3.05) is 13.2 Å². The van der Waals surface area contributed by atoms with Crippen LogP contribution >= 0.6 is 0 Å². The summed E-state index contributed by atoms with van der Waals surface area (Å²) in [6.07, 6.45) is 22.9. The maximum Gasteiger partial charge on any atom is 1.00 e. The Labute approximate surface area is 483 Å². The summed E-state index contributed by atoms with van der Waals surface area (Å²) in [5, 5.41) is 3.08. The maximum absolute atomic E-state index is 13.8. The molecule has 2 aromatic rings. The van der Waals surface area contributed by atoms with E-state index in [9.17, 15) is 30.7 Å². The van der Waals surface area contributed by atoms with Crippen LogP contribution in [0.25, 0.3) is 0 Å². The van der Waals surface area contributed by atoms with E-state index in [4.69, 9.17) is 32.1 Å². The summed E-state index contributed by atoms with van der Waals surface area (Å²) in [7, 11) is -11.2. The molecule has 4 rings (SSSR count). The third-order valence-corrected chi connectivity index (χ3v) is 14.0. The summed E-state index contributed by atoms with van der Waals surface area (Å²) in [6.45, 7) is 4.02. The summed E-state index contributed by atoms with van der Waals surface area (Å²) in [5.41, 5.74) is 1.41. The second-order valence-electron chi connectivity index (χ2n) is 19.2. The minimum absolute atomic E-state index is 0. The first kappa shape index (κ1) is 68.3. The third-order valence-electron chi connectivity index (χ3n) is 13.1. The maximum atomic E-state index is 13.8. The summed E-state index contributed by atoms with van der Waals surface area (Å²) in [5.74, 6) is -0.256. The molecule has 2 saturated heterocycles. The number of carbonyl (C=O) groups is 1. The number of benzene rings is 2. The molecule has 0 saturated carbocycles. The Kier molecular flexibility index (Phi) is 37.8. The molecule has 2 heterocycles. The zero-order chi connectivity index (χ0) is 51.0. The summed E-state index contributed by atoms with van der Waals surface area (Å²) < 4.78 is 114. The molecule has 0 spiro atoms. The molecule has 2 aliphatic heterocycles. The molecule has 404 valence electrons. The minimum Gasteiger partial charge on any atom is -0.726 e. The molecular weight excluding hydrogens is 997 g/mol. The Balaban J connectivity index is 0.00000913. The van der Waals surface area contributed by atoms with Gasteiger partial charge >= 0.3 is 59.1 Å². The van der Waals surface area contributed by atoms with E-state index in [1.807, 2.05) is 42.5 Å². The molecule has 1 N–H and O–H groups in total. The average molecular weight is 1080 g/mol. The molecule has 19 heteroatoms. The Morgan fingerprint density at radius 2 is 1.14 bits per heavy atom. The van der Waals surface area contributed by atoms with Gasteiger partial charge in [-0.2, -0.15) is 0 Å². The van der Waals surface area contributed by atoms with E-state index in [2.05, 4.69) is 19.2 Å². The summed E-state index contributed by atoms with van der Waals surface area (Å²) >= 11 is 0. The van der Waals surface area contributed by atoms with Crippen molar-refractivity contribution in [3.63, 3.8) is 0 Å². The summed E-state index contributed by atoms with van der Waals surface area (Å²) in [4.78, 5) is 13.8. The van der Waals surface area contributed by atoms with Crippen LogP contribution in [0.1, 0.15) is 198 Å². The van der Waals surface area contributed by atoms with Gasteiger partial charge in [-0.05, 0) is 24.8 Å². The van der Waals surface area contributed by atoms with Gasteiger partial charge in [-0.15, -0.1) is 0 Å². The Hall–Kier alpha value is -0.810. The Morgan fingerprint density at radius 3 is 1.66 bits per heavy atom. The van der Waals surface area contributed by atoms with Gasteiger partial charge < -0.3 is 38.1 Å². The van der Waals surface area contributed by atoms with Crippen LogP contribution in [0.2, 0.25) is 0 Å². The fourth-order valence-electron chi connectivity index (χ4n) is 9.17. The van der Waals surface area contributed by atoms with Crippen molar-refractivity contribution in [1.82, 2.24) is 5.32 Å². The van der Waals surface area contributed by atoms with Crippen LogP contribution in [-0.4, -0.2) is 87.9 Å². The van der Waals surface area contributed by atoms with Gasteiger partial charge in [0.15, 0.2) is 18.7 Å². The molecule has 0 aliphatic carbocycles. The van der Waals surface area contributed by atoms with Gasteiger partial charge in [0.05, 0.1) is 32.0 Å². The quantitative estimate of drug-likeness (QED) is 0.0294. The molecule has 0 bridgehead atoms. The van der Waals surface area contributed by atoms with Crippen molar-refractivity contribution >= 4 is 26.7 Å². The van der Waals surface area contributed by atoms with Gasteiger partial charge in [-0.3, -0.25) is 13.2 Å². The van der Waals surface area contributed by atoms with Crippen LogP contribution in [0, 0.1) is 0 Å². The molecule has 2 aromatic carbocycles. The average Bonchev–Trinajstić information content (AvgIpc) is 3.34. The third kappa shape index (κ3) is 30.2. The van der Waals surface area contributed by atoms with Crippen molar-refractivity contribution in [3.05, 3.63) is 83.9 Å². The van der Waals surface area contributed by atoms with E-state index < -0.39 is 76.5 Å². The molecule has 2 fully saturated rings. The van der Waals surface area contributed by atoms with Crippen molar-refractivity contribution in [2.24, 2.45) is 0 Å². The van der Waals surface area contributed by atoms with Gasteiger partial charge in [0.2, 0.25) is 26.7 Å². The molecule has 8 atom stereocenters. The number of ether oxygens (including phenoxy) is 5. The number of hydrogen-bond acceptors (Lipinski definition) is 14.